The molecule has 1 heterocycles. The Balaban J connectivity index is 1.25. The number of nitriles is 1. The van der Waals surface area contributed by atoms with Gasteiger partial charge < -0.3 is 15.1 Å². The van der Waals surface area contributed by atoms with E-state index >= 15 is 0 Å². The van der Waals surface area contributed by atoms with Crippen LogP contribution < -0.4 is 10.2 Å². The van der Waals surface area contributed by atoms with Gasteiger partial charge in [-0.1, -0.05) is 49.6 Å². The normalized spacial score (nSPS) is 17.5. The van der Waals surface area contributed by atoms with Crippen molar-refractivity contribution in [1.29, 1.82) is 5.26 Å². The largest absolute Gasteiger partial charge is 0.353 e. The van der Waals surface area contributed by atoms with Crippen LogP contribution >= 0.6 is 0 Å². The average molecular weight is 473 g/mol. The van der Waals surface area contributed by atoms with E-state index in [-0.39, 0.29) is 23.8 Å². The summed E-state index contributed by atoms with van der Waals surface area (Å²) in [6, 6.07) is 19.5. The van der Waals surface area contributed by atoms with E-state index in [1.54, 1.807) is 12.1 Å². The summed E-state index contributed by atoms with van der Waals surface area (Å²) >= 11 is 0. The predicted octanol–water partition coefficient (Wildman–Crippen LogP) is 4.29. The third-order valence-electron chi connectivity index (χ3n) is 7.33. The highest BCUT2D eigenvalue weighted by atomic mass is 16.2. The van der Waals surface area contributed by atoms with Crippen LogP contribution in [0.1, 0.15) is 56.1 Å². The maximum Gasteiger partial charge on any atom is 0.230 e. The van der Waals surface area contributed by atoms with Gasteiger partial charge in [0.25, 0.3) is 0 Å². The molecule has 1 saturated heterocycles. The summed E-state index contributed by atoms with van der Waals surface area (Å²) < 4.78 is 0. The predicted molar refractivity (Wildman–Crippen MR) is 138 cm³/mol. The third kappa shape index (κ3) is 7.16. The highest BCUT2D eigenvalue weighted by molar-refractivity contribution is 5.95. The lowest BCUT2D eigenvalue weighted by molar-refractivity contribution is -0.123. The minimum Gasteiger partial charge on any atom is -0.353 e. The number of hydrogen-bond donors (Lipinski definition) is 1. The lowest BCUT2D eigenvalue weighted by Gasteiger charge is -2.35. The van der Waals surface area contributed by atoms with Crippen LogP contribution in [0.2, 0.25) is 0 Å². The first-order chi connectivity index (χ1) is 17.1. The Morgan fingerprint density at radius 2 is 1.63 bits per heavy atom. The molecular weight excluding hydrogens is 436 g/mol. The van der Waals surface area contributed by atoms with E-state index in [1.807, 2.05) is 47.4 Å². The molecule has 0 radical (unpaired) electrons. The number of carbonyl (C=O) groups is 2. The summed E-state index contributed by atoms with van der Waals surface area (Å²) in [5, 5.41) is 12.1. The van der Waals surface area contributed by atoms with Crippen molar-refractivity contribution in [1.82, 2.24) is 10.2 Å². The second-order valence-corrected chi connectivity index (χ2v) is 9.83. The second-order valence-electron chi connectivity index (χ2n) is 9.83. The standard InChI is InChI=1S/C29H36N4O2/c30-22-24-13-11-23(12-14-24)21-28(34)31-26-15-17-32(18-16-26)19-20-33(27-9-5-2-6-10-27)29(35)25-7-3-1-4-8-25/h2,5-6,9-14,25-26H,1,3-4,7-8,15-21H2,(H,31,34). The Kier molecular flexibility index (Phi) is 8.91. The molecule has 1 saturated carbocycles. The Morgan fingerprint density at radius 3 is 2.29 bits per heavy atom. The van der Waals surface area contributed by atoms with Gasteiger partial charge in [0.05, 0.1) is 18.1 Å². The maximum atomic E-state index is 13.4. The summed E-state index contributed by atoms with van der Waals surface area (Å²) in [6.45, 7) is 3.39. The average Bonchev–Trinajstić information content (AvgIpc) is 2.91. The second kappa shape index (κ2) is 12.5. The molecule has 0 spiro atoms. The number of rotatable bonds is 8. The molecular formula is C29H36N4O2. The van der Waals surface area contributed by atoms with Crippen LogP contribution in [-0.2, 0) is 16.0 Å². The maximum absolute atomic E-state index is 13.4. The zero-order chi connectivity index (χ0) is 24.5. The van der Waals surface area contributed by atoms with Crippen molar-refractivity contribution in [2.24, 2.45) is 5.92 Å². The molecule has 0 unspecified atom stereocenters. The molecule has 6 nitrogen and oxygen atoms in total. The van der Waals surface area contributed by atoms with Crippen LogP contribution in [0.15, 0.2) is 54.6 Å². The number of carbonyl (C=O) groups excluding carboxylic acids is 2. The van der Waals surface area contributed by atoms with Crippen molar-refractivity contribution in [2.45, 2.75) is 57.4 Å². The number of benzene rings is 2. The van der Waals surface area contributed by atoms with E-state index in [4.69, 9.17) is 5.26 Å². The third-order valence-corrected chi connectivity index (χ3v) is 7.33. The van der Waals surface area contributed by atoms with Crippen molar-refractivity contribution in [3.8, 4) is 6.07 Å². The summed E-state index contributed by atoms with van der Waals surface area (Å²) in [6.07, 6.45) is 7.75. The number of likely N-dealkylation sites (tertiary alicyclic amines) is 1. The molecule has 2 amide bonds. The van der Waals surface area contributed by atoms with Gasteiger partial charge in [0.15, 0.2) is 0 Å². The van der Waals surface area contributed by atoms with Gasteiger partial charge in [-0.25, -0.2) is 0 Å². The molecule has 2 aromatic carbocycles. The molecule has 0 aromatic heterocycles. The summed E-state index contributed by atoms with van der Waals surface area (Å²) in [5.74, 6) is 0.461. The lowest BCUT2D eigenvalue weighted by Crippen LogP contribution is -2.48. The number of hydrogen-bond acceptors (Lipinski definition) is 4. The van der Waals surface area contributed by atoms with Gasteiger partial charge in [0.1, 0.15) is 0 Å². The molecule has 2 aromatic rings. The van der Waals surface area contributed by atoms with E-state index in [0.29, 0.717) is 18.5 Å². The summed E-state index contributed by atoms with van der Waals surface area (Å²) in [7, 11) is 0. The Hall–Kier alpha value is -3.17. The van der Waals surface area contributed by atoms with Gasteiger partial charge in [-0.15, -0.1) is 0 Å². The van der Waals surface area contributed by atoms with Crippen molar-refractivity contribution in [3.63, 3.8) is 0 Å². The van der Waals surface area contributed by atoms with Crippen molar-refractivity contribution in [2.75, 3.05) is 31.1 Å². The van der Waals surface area contributed by atoms with Gasteiger partial charge in [-0.3, -0.25) is 9.59 Å². The molecule has 1 aliphatic carbocycles. The lowest BCUT2D eigenvalue weighted by atomic mass is 9.88. The number of anilines is 1. The fraction of sp³-hybridized carbons (Fsp3) is 0.483. The van der Waals surface area contributed by atoms with Crippen LogP contribution in [0.5, 0.6) is 0 Å². The quantitative estimate of drug-likeness (QED) is 0.622. The van der Waals surface area contributed by atoms with Gasteiger partial charge in [0.2, 0.25) is 11.8 Å². The fourth-order valence-electron chi connectivity index (χ4n) is 5.25. The SMILES string of the molecule is N#Cc1ccc(CC(=O)NC2CCN(CCN(C(=O)C3CCCCC3)c3ccccc3)CC2)cc1. The van der Waals surface area contributed by atoms with E-state index < -0.39 is 0 Å². The first-order valence-electron chi connectivity index (χ1n) is 13.0. The highest BCUT2D eigenvalue weighted by Gasteiger charge is 2.28. The Bertz CT molecular complexity index is 1000. The smallest absolute Gasteiger partial charge is 0.230 e. The Morgan fingerprint density at radius 1 is 0.943 bits per heavy atom. The minimum atomic E-state index is 0.0292. The zero-order valence-corrected chi connectivity index (χ0v) is 20.5. The number of nitrogens with one attached hydrogen (secondary N) is 1. The molecule has 0 atom stereocenters. The van der Waals surface area contributed by atoms with Crippen LogP contribution in [0.4, 0.5) is 5.69 Å². The van der Waals surface area contributed by atoms with Crippen LogP contribution in [-0.4, -0.2) is 48.9 Å². The van der Waals surface area contributed by atoms with Gasteiger partial charge >= 0.3 is 0 Å². The van der Waals surface area contributed by atoms with E-state index in [1.165, 1.54) is 6.42 Å². The number of nitrogens with zero attached hydrogens (tertiary/aromatic N) is 3. The van der Waals surface area contributed by atoms with E-state index in [9.17, 15) is 9.59 Å². The van der Waals surface area contributed by atoms with Crippen LogP contribution in [0.25, 0.3) is 0 Å². The van der Waals surface area contributed by atoms with Crippen LogP contribution in [0.3, 0.4) is 0 Å². The molecule has 4 rings (SSSR count). The molecule has 6 heteroatoms. The Labute approximate surface area is 208 Å². The molecule has 0 bridgehead atoms. The van der Waals surface area contributed by atoms with Crippen molar-refractivity contribution < 1.29 is 9.59 Å². The van der Waals surface area contributed by atoms with Crippen molar-refractivity contribution >= 4 is 17.5 Å². The highest BCUT2D eigenvalue weighted by Crippen LogP contribution is 2.27. The molecule has 1 N–H and O–H groups in total. The molecule has 35 heavy (non-hydrogen) atoms. The summed E-state index contributed by atoms with van der Waals surface area (Å²) in [4.78, 5) is 30.3. The zero-order valence-electron chi connectivity index (χ0n) is 20.5. The first kappa shape index (κ1) is 24.9. The molecule has 1 aliphatic heterocycles. The topological polar surface area (TPSA) is 76.4 Å². The van der Waals surface area contributed by atoms with Gasteiger partial charge in [0, 0.05) is 43.8 Å². The molecule has 2 aliphatic rings. The fourth-order valence-corrected chi connectivity index (χ4v) is 5.25. The van der Waals surface area contributed by atoms with Crippen molar-refractivity contribution in [3.05, 3.63) is 65.7 Å². The summed E-state index contributed by atoms with van der Waals surface area (Å²) in [5.41, 5.74) is 2.52. The molecule has 2 fully saturated rings. The van der Waals surface area contributed by atoms with E-state index in [0.717, 1.165) is 69.4 Å². The number of para-hydroxylation sites is 1. The van der Waals surface area contributed by atoms with Crippen LogP contribution in [0, 0.1) is 17.2 Å². The number of piperidine rings is 1. The first-order valence-corrected chi connectivity index (χ1v) is 13.0. The number of amides is 2. The van der Waals surface area contributed by atoms with Gasteiger partial charge in [-0.05, 0) is 55.5 Å². The molecule has 184 valence electrons. The minimum absolute atomic E-state index is 0.0292. The monoisotopic (exact) mass is 472 g/mol. The van der Waals surface area contributed by atoms with Gasteiger partial charge in [-0.2, -0.15) is 5.26 Å². The van der Waals surface area contributed by atoms with E-state index in [2.05, 4.69) is 16.3 Å².